The highest BCUT2D eigenvalue weighted by Gasteiger charge is 2.37. The fraction of sp³-hybridized carbons (Fsp3) is 0.382. The number of carbonyl (C=O) groups excluding carboxylic acids is 1. The SMILES string of the molecule is CCN1CCN(C(C)(C)C=C(C#N)C(=O)N2CCC2Cn2c(=O)n(-c3ccc(Oc4ccccc4)cc3)c3c(N)ncnc32)CC1. The maximum Gasteiger partial charge on any atom is 0.335 e. The average molecular weight is 622 g/mol. The zero-order valence-corrected chi connectivity index (χ0v) is 26.5. The van der Waals surface area contributed by atoms with Crippen LogP contribution in [0, 0.1) is 11.3 Å². The fourth-order valence-electron chi connectivity index (χ4n) is 6.28. The average Bonchev–Trinajstić information content (AvgIpc) is 3.34. The summed E-state index contributed by atoms with van der Waals surface area (Å²) in [5.74, 6) is 1.17. The van der Waals surface area contributed by atoms with Crippen molar-refractivity contribution in [2.45, 2.75) is 45.3 Å². The lowest BCUT2D eigenvalue weighted by Gasteiger charge is -2.43. The van der Waals surface area contributed by atoms with E-state index in [0.717, 1.165) is 32.7 Å². The fourth-order valence-corrected chi connectivity index (χ4v) is 6.28. The van der Waals surface area contributed by atoms with Crippen molar-refractivity contribution in [1.82, 2.24) is 33.8 Å². The lowest BCUT2D eigenvalue weighted by atomic mass is 9.95. The van der Waals surface area contributed by atoms with Crippen LogP contribution in [0.5, 0.6) is 11.5 Å². The molecule has 0 bridgehead atoms. The van der Waals surface area contributed by atoms with E-state index in [2.05, 4.69) is 32.8 Å². The van der Waals surface area contributed by atoms with Crippen molar-refractivity contribution < 1.29 is 9.53 Å². The Balaban J connectivity index is 1.24. The summed E-state index contributed by atoms with van der Waals surface area (Å²) in [6.45, 7) is 11.6. The van der Waals surface area contributed by atoms with Gasteiger partial charge in [-0.05, 0) is 69.3 Å². The van der Waals surface area contributed by atoms with E-state index in [-0.39, 0.29) is 35.6 Å². The largest absolute Gasteiger partial charge is 0.457 e. The number of likely N-dealkylation sites (tertiary alicyclic amines) is 1. The minimum Gasteiger partial charge on any atom is -0.457 e. The number of fused-ring (bicyclic) bond motifs is 1. The molecule has 6 rings (SSSR count). The molecule has 0 aliphatic carbocycles. The summed E-state index contributed by atoms with van der Waals surface area (Å²) in [6.07, 6.45) is 3.82. The van der Waals surface area contributed by atoms with Crippen LogP contribution in [0.4, 0.5) is 5.82 Å². The Morgan fingerprint density at radius 2 is 1.74 bits per heavy atom. The highest BCUT2D eigenvalue weighted by atomic mass is 16.5. The summed E-state index contributed by atoms with van der Waals surface area (Å²) in [5.41, 5.74) is 6.96. The van der Waals surface area contributed by atoms with E-state index in [1.807, 2.05) is 44.2 Å². The first-order chi connectivity index (χ1) is 22.2. The van der Waals surface area contributed by atoms with Crippen LogP contribution in [-0.4, -0.2) is 90.6 Å². The van der Waals surface area contributed by atoms with E-state index in [4.69, 9.17) is 10.5 Å². The van der Waals surface area contributed by atoms with E-state index in [1.54, 1.807) is 39.8 Å². The molecule has 12 nitrogen and oxygen atoms in total. The first kappa shape index (κ1) is 31.0. The van der Waals surface area contributed by atoms with Crippen LogP contribution in [0.15, 0.2) is 77.4 Å². The zero-order chi connectivity index (χ0) is 32.4. The highest BCUT2D eigenvalue weighted by Crippen LogP contribution is 2.28. The Morgan fingerprint density at radius 3 is 2.37 bits per heavy atom. The molecule has 2 aliphatic heterocycles. The van der Waals surface area contributed by atoms with Gasteiger partial charge in [-0.3, -0.25) is 18.8 Å². The lowest BCUT2D eigenvalue weighted by molar-refractivity contribution is -0.134. The third kappa shape index (κ3) is 5.99. The molecule has 2 aliphatic rings. The summed E-state index contributed by atoms with van der Waals surface area (Å²) in [6, 6.07) is 18.4. The van der Waals surface area contributed by atoms with Crippen molar-refractivity contribution in [3.8, 4) is 23.3 Å². The number of nitrogens with two attached hydrogens (primary N) is 1. The number of benzene rings is 2. The Hall–Kier alpha value is -4.99. The number of nitrogens with zero attached hydrogens (tertiary/aromatic N) is 8. The Kier molecular flexibility index (Phi) is 8.62. The first-order valence-electron chi connectivity index (χ1n) is 15.7. The van der Waals surface area contributed by atoms with E-state index >= 15 is 0 Å². The number of rotatable bonds is 9. The molecule has 1 amide bonds. The molecule has 0 spiro atoms. The smallest absolute Gasteiger partial charge is 0.335 e. The number of likely N-dealkylation sites (N-methyl/N-ethyl adjacent to an activating group) is 1. The summed E-state index contributed by atoms with van der Waals surface area (Å²) in [5, 5.41) is 10.0. The third-order valence-corrected chi connectivity index (χ3v) is 9.09. The number of nitriles is 1. The quantitative estimate of drug-likeness (QED) is 0.220. The predicted molar refractivity (Wildman–Crippen MR) is 176 cm³/mol. The van der Waals surface area contributed by atoms with E-state index < -0.39 is 5.54 Å². The predicted octanol–water partition coefficient (Wildman–Crippen LogP) is 3.42. The molecule has 1 atom stereocenters. The van der Waals surface area contributed by atoms with Crippen molar-refractivity contribution >= 4 is 22.9 Å². The third-order valence-electron chi connectivity index (χ3n) is 9.09. The number of ether oxygens (including phenoxy) is 1. The second-order valence-electron chi connectivity index (χ2n) is 12.3. The van der Waals surface area contributed by atoms with Gasteiger partial charge in [0.15, 0.2) is 11.5 Å². The number of imidazole rings is 1. The number of para-hydroxylation sites is 1. The van der Waals surface area contributed by atoms with Gasteiger partial charge >= 0.3 is 5.69 Å². The summed E-state index contributed by atoms with van der Waals surface area (Å²) in [4.78, 5) is 42.6. The van der Waals surface area contributed by atoms with Gasteiger partial charge in [0.05, 0.1) is 11.7 Å². The van der Waals surface area contributed by atoms with Crippen LogP contribution in [0.2, 0.25) is 0 Å². The molecule has 46 heavy (non-hydrogen) atoms. The number of hydrogen-bond donors (Lipinski definition) is 1. The normalized spacial score (nSPS) is 17.9. The maximum atomic E-state index is 14.0. The van der Waals surface area contributed by atoms with Crippen LogP contribution in [0.3, 0.4) is 0 Å². The molecule has 2 aromatic carbocycles. The van der Waals surface area contributed by atoms with Crippen molar-refractivity contribution in [3.63, 3.8) is 0 Å². The molecule has 2 saturated heterocycles. The molecule has 2 aromatic heterocycles. The van der Waals surface area contributed by atoms with Crippen molar-refractivity contribution in [3.05, 3.63) is 83.1 Å². The Morgan fingerprint density at radius 1 is 1.04 bits per heavy atom. The molecule has 12 heteroatoms. The van der Waals surface area contributed by atoms with Crippen molar-refractivity contribution in [1.29, 1.82) is 5.26 Å². The summed E-state index contributed by atoms with van der Waals surface area (Å²) >= 11 is 0. The number of hydrogen-bond acceptors (Lipinski definition) is 9. The monoisotopic (exact) mass is 621 g/mol. The molecule has 4 heterocycles. The first-order valence-corrected chi connectivity index (χ1v) is 15.7. The molecular weight excluding hydrogens is 582 g/mol. The molecule has 1 unspecified atom stereocenters. The topological polar surface area (TPSA) is 139 Å². The Bertz CT molecular complexity index is 1850. The van der Waals surface area contributed by atoms with Gasteiger partial charge in [0.1, 0.15) is 35.0 Å². The van der Waals surface area contributed by atoms with Crippen LogP contribution in [0.25, 0.3) is 16.9 Å². The minimum atomic E-state index is -0.457. The number of piperazine rings is 1. The highest BCUT2D eigenvalue weighted by molar-refractivity contribution is 5.98. The van der Waals surface area contributed by atoms with Crippen LogP contribution >= 0.6 is 0 Å². The van der Waals surface area contributed by atoms with Gasteiger partial charge in [0.2, 0.25) is 0 Å². The maximum absolute atomic E-state index is 14.0. The summed E-state index contributed by atoms with van der Waals surface area (Å²) < 4.78 is 8.95. The second-order valence-corrected chi connectivity index (χ2v) is 12.3. The second kappa shape index (κ2) is 12.8. The van der Waals surface area contributed by atoms with Gasteiger partial charge in [-0.25, -0.2) is 14.8 Å². The molecule has 4 aromatic rings. The molecule has 238 valence electrons. The zero-order valence-electron chi connectivity index (χ0n) is 26.5. The summed E-state index contributed by atoms with van der Waals surface area (Å²) in [7, 11) is 0. The Labute approximate surface area is 267 Å². The number of aromatic nitrogens is 4. The molecular formula is C34H39N9O3. The molecule has 0 radical (unpaired) electrons. The molecule has 2 fully saturated rings. The standard InChI is InChI=1S/C34H39N9O3/c1-4-39-16-18-40(19-17-39)34(2,3)20-24(21-35)32(44)41-15-14-26(41)22-42-31-29(30(36)37-23-38-31)43(33(42)45)25-10-12-28(13-11-25)46-27-8-6-5-7-9-27/h5-13,20,23,26H,4,14-19,22H2,1-3H3,(H2,36,37,38). The van der Waals surface area contributed by atoms with Crippen molar-refractivity contribution in [2.75, 3.05) is 45.0 Å². The van der Waals surface area contributed by atoms with Crippen LogP contribution in [0.1, 0.15) is 27.2 Å². The van der Waals surface area contributed by atoms with E-state index in [9.17, 15) is 14.9 Å². The van der Waals surface area contributed by atoms with Crippen LogP contribution < -0.4 is 16.2 Å². The van der Waals surface area contributed by atoms with Gasteiger partial charge < -0.3 is 20.3 Å². The molecule has 0 saturated carbocycles. The number of anilines is 1. The van der Waals surface area contributed by atoms with E-state index in [0.29, 0.717) is 41.3 Å². The molecule has 2 N–H and O–H groups in total. The minimum absolute atomic E-state index is 0.117. The van der Waals surface area contributed by atoms with Crippen LogP contribution in [-0.2, 0) is 11.3 Å². The number of amides is 1. The van der Waals surface area contributed by atoms with E-state index in [1.165, 1.54) is 10.9 Å². The van der Waals surface area contributed by atoms with Gasteiger partial charge in [-0.2, -0.15) is 5.26 Å². The number of carbonyl (C=O) groups is 1. The van der Waals surface area contributed by atoms with Crippen molar-refractivity contribution in [2.24, 2.45) is 0 Å². The van der Waals surface area contributed by atoms with Gasteiger partial charge in [0.25, 0.3) is 5.91 Å². The number of nitrogen functional groups attached to an aromatic ring is 1. The van der Waals surface area contributed by atoms with Gasteiger partial charge in [-0.1, -0.05) is 25.1 Å². The van der Waals surface area contributed by atoms with Gasteiger partial charge in [0, 0.05) is 44.8 Å². The van der Waals surface area contributed by atoms with Gasteiger partial charge in [-0.15, -0.1) is 0 Å². The lowest BCUT2D eigenvalue weighted by Crippen LogP contribution is -2.55.